The number of esters is 1. The molecule has 8 nitrogen and oxygen atoms in total. The van der Waals surface area contributed by atoms with Gasteiger partial charge in [0.25, 0.3) is 0 Å². The van der Waals surface area contributed by atoms with Crippen molar-refractivity contribution >= 4 is 23.3 Å². The van der Waals surface area contributed by atoms with Crippen LogP contribution in [-0.4, -0.2) is 69.6 Å². The zero-order chi connectivity index (χ0) is 24.8. The fourth-order valence-electron chi connectivity index (χ4n) is 6.37. The topological polar surface area (TPSA) is 85.4 Å². The van der Waals surface area contributed by atoms with Crippen molar-refractivity contribution in [2.24, 2.45) is 11.8 Å². The standard InChI is InChI=1S/C26H34N2O6/c1-7-17-13-27(4)9-8-26-20-11-22(32-5)23(33-6)12-21(20)28(15(2)29)25(26)19(14-34-16(3)30)18(17)10-24(26)31/h7,11-12,18-19,25H,8-10,13-14H2,1-6H3/t18-,19-,25+,26-/m1/s1. The molecule has 1 saturated carbocycles. The molecule has 184 valence electrons. The van der Waals surface area contributed by atoms with E-state index in [0.29, 0.717) is 36.6 Å². The van der Waals surface area contributed by atoms with Crippen LogP contribution in [0.25, 0.3) is 0 Å². The summed E-state index contributed by atoms with van der Waals surface area (Å²) >= 11 is 0. The van der Waals surface area contributed by atoms with Gasteiger partial charge >= 0.3 is 5.97 Å². The van der Waals surface area contributed by atoms with E-state index < -0.39 is 11.5 Å². The highest BCUT2D eigenvalue weighted by Gasteiger charge is 2.64. The molecule has 3 fully saturated rings. The first-order chi connectivity index (χ1) is 16.2. The number of carbonyl (C=O) groups is 3. The van der Waals surface area contributed by atoms with Gasteiger partial charge in [0.2, 0.25) is 5.91 Å². The van der Waals surface area contributed by atoms with E-state index in [1.165, 1.54) is 13.8 Å². The number of ether oxygens (including phenoxy) is 3. The van der Waals surface area contributed by atoms with Crippen molar-refractivity contribution < 1.29 is 28.6 Å². The number of amides is 1. The molecule has 8 heteroatoms. The lowest BCUT2D eigenvalue weighted by Crippen LogP contribution is -2.61. The van der Waals surface area contributed by atoms with Crippen LogP contribution in [0.1, 0.15) is 39.2 Å². The average Bonchev–Trinajstić information content (AvgIpc) is 3.13. The predicted octanol–water partition coefficient (Wildman–Crippen LogP) is 2.73. The highest BCUT2D eigenvalue weighted by atomic mass is 16.5. The van der Waals surface area contributed by atoms with Crippen LogP contribution >= 0.6 is 0 Å². The van der Waals surface area contributed by atoms with Gasteiger partial charge in [0, 0.05) is 38.8 Å². The lowest BCUT2D eigenvalue weighted by Gasteiger charge is -2.48. The molecule has 1 amide bonds. The van der Waals surface area contributed by atoms with Crippen molar-refractivity contribution in [3.63, 3.8) is 0 Å². The third-order valence-corrected chi connectivity index (χ3v) is 7.86. The summed E-state index contributed by atoms with van der Waals surface area (Å²) < 4.78 is 16.7. The van der Waals surface area contributed by atoms with Crippen molar-refractivity contribution in [1.82, 2.24) is 4.90 Å². The Balaban J connectivity index is 2.02. The first-order valence-corrected chi connectivity index (χ1v) is 11.8. The number of ketones is 1. The van der Waals surface area contributed by atoms with Gasteiger partial charge in [-0.3, -0.25) is 14.4 Å². The second-order valence-corrected chi connectivity index (χ2v) is 9.58. The molecule has 1 spiro atoms. The lowest BCUT2D eigenvalue weighted by molar-refractivity contribution is -0.144. The largest absolute Gasteiger partial charge is 0.493 e. The van der Waals surface area contributed by atoms with Crippen LogP contribution in [0.5, 0.6) is 11.5 Å². The van der Waals surface area contributed by atoms with Gasteiger partial charge in [-0.25, -0.2) is 0 Å². The number of fused-ring (bicyclic) bond motifs is 6. The molecule has 0 radical (unpaired) electrons. The number of rotatable bonds is 4. The molecule has 1 aromatic carbocycles. The molecule has 0 N–H and O–H groups in total. The van der Waals surface area contributed by atoms with Gasteiger partial charge in [-0.15, -0.1) is 0 Å². The lowest BCUT2D eigenvalue weighted by atomic mass is 9.57. The Hall–Kier alpha value is -2.87. The summed E-state index contributed by atoms with van der Waals surface area (Å²) in [7, 11) is 5.17. The molecular weight excluding hydrogens is 436 g/mol. The smallest absolute Gasteiger partial charge is 0.302 e. The van der Waals surface area contributed by atoms with E-state index in [1.54, 1.807) is 25.2 Å². The maximum Gasteiger partial charge on any atom is 0.302 e. The normalized spacial score (nSPS) is 29.7. The van der Waals surface area contributed by atoms with Gasteiger partial charge in [0.15, 0.2) is 11.5 Å². The third-order valence-electron chi connectivity index (χ3n) is 7.86. The van der Waals surface area contributed by atoms with Crippen LogP contribution in [0.4, 0.5) is 5.69 Å². The average molecular weight is 471 g/mol. The number of nitrogens with zero attached hydrogens (tertiary/aromatic N) is 2. The molecule has 5 rings (SSSR count). The molecule has 1 aliphatic carbocycles. The van der Waals surface area contributed by atoms with Crippen molar-refractivity contribution in [3.8, 4) is 11.5 Å². The van der Waals surface area contributed by atoms with Crippen LogP contribution in [0, 0.1) is 11.8 Å². The zero-order valence-corrected chi connectivity index (χ0v) is 20.8. The highest BCUT2D eigenvalue weighted by molar-refractivity contribution is 6.05. The van der Waals surface area contributed by atoms with Gasteiger partial charge < -0.3 is 24.0 Å². The first kappa shape index (κ1) is 24.3. The fourth-order valence-corrected chi connectivity index (χ4v) is 6.37. The molecule has 3 heterocycles. The van der Waals surface area contributed by atoms with Gasteiger partial charge in [0.05, 0.1) is 38.0 Å². The first-order valence-electron chi connectivity index (χ1n) is 11.8. The van der Waals surface area contributed by atoms with Gasteiger partial charge in [-0.1, -0.05) is 11.6 Å². The van der Waals surface area contributed by atoms with Gasteiger partial charge in [-0.05, 0) is 44.5 Å². The number of hydrogen-bond acceptors (Lipinski definition) is 7. The molecule has 4 atom stereocenters. The zero-order valence-electron chi connectivity index (χ0n) is 20.8. The Bertz CT molecular complexity index is 1050. The number of likely N-dealkylation sites (N-methyl/N-ethyl adjacent to an activating group) is 1. The van der Waals surface area contributed by atoms with Crippen LogP contribution in [0.2, 0.25) is 0 Å². The number of hydrogen-bond donors (Lipinski definition) is 0. The minimum Gasteiger partial charge on any atom is -0.493 e. The Morgan fingerprint density at radius 2 is 1.85 bits per heavy atom. The van der Waals surface area contributed by atoms with Crippen molar-refractivity contribution in [2.45, 2.75) is 45.1 Å². The van der Waals surface area contributed by atoms with E-state index in [0.717, 1.165) is 17.7 Å². The molecule has 0 aromatic heterocycles. The Labute approximate surface area is 200 Å². The fraction of sp³-hybridized carbons (Fsp3) is 0.577. The Morgan fingerprint density at radius 3 is 2.44 bits per heavy atom. The molecule has 1 aromatic rings. The minimum absolute atomic E-state index is 0.119. The van der Waals surface area contributed by atoms with Crippen molar-refractivity contribution in [3.05, 3.63) is 29.3 Å². The molecule has 2 bridgehead atoms. The van der Waals surface area contributed by atoms with Crippen molar-refractivity contribution in [1.29, 1.82) is 0 Å². The maximum atomic E-state index is 14.2. The summed E-state index contributed by atoms with van der Waals surface area (Å²) in [5.74, 6) is 0.255. The van der Waals surface area contributed by atoms with Crippen LogP contribution in [0.15, 0.2) is 23.8 Å². The summed E-state index contributed by atoms with van der Waals surface area (Å²) in [5.41, 5.74) is 1.68. The quantitative estimate of drug-likeness (QED) is 0.494. The second-order valence-electron chi connectivity index (χ2n) is 9.58. The highest BCUT2D eigenvalue weighted by Crippen LogP contribution is 2.59. The van der Waals surface area contributed by atoms with E-state index in [9.17, 15) is 14.4 Å². The second kappa shape index (κ2) is 9.06. The minimum atomic E-state index is -0.917. The molecule has 0 unspecified atom stereocenters. The summed E-state index contributed by atoms with van der Waals surface area (Å²) in [6.45, 7) is 6.46. The van der Waals surface area contributed by atoms with E-state index in [1.807, 2.05) is 13.0 Å². The summed E-state index contributed by atoms with van der Waals surface area (Å²) in [6, 6.07) is 3.19. The van der Waals surface area contributed by atoms with E-state index in [4.69, 9.17) is 14.2 Å². The maximum absolute atomic E-state index is 14.2. The molecule has 2 saturated heterocycles. The third kappa shape index (κ3) is 3.59. The summed E-state index contributed by atoms with van der Waals surface area (Å²) in [4.78, 5) is 43.2. The number of Topliss-reactive ketones (excluding diaryl/α,β-unsaturated/α-hetero) is 1. The van der Waals surface area contributed by atoms with Gasteiger partial charge in [-0.2, -0.15) is 0 Å². The number of methoxy groups -OCH3 is 2. The monoisotopic (exact) mass is 470 g/mol. The number of allylic oxidation sites excluding steroid dienone is 1. The SMILES string of the molecule is CC=C1CN(C)CC[C@@]23C(=O)C[C@H]1[C@@H](COC(C)=O)[C@@H]2N(C(C)=O)c1cc(OC)c(OC)cc13. The Morgan fingerprint density at radius 1 is 1.18 bits per heavy atom. The Kier molecular flexibility index (Phi) is 6.46. The number of anilines is 1. The van der Waals surface area contributed by atoms with Crippen molar-refractivity contribution in [2.75, 3.05) is 45.9 Å². The van der Waals surface area contributed by atoms with Gasteiger partial charge in [0.1, 0.15) is 5.78 Å². The number of carbonyl (C=O) groups excluding carboxylic acids is 3. The van der Waals surface area contributed by atoms with Crippen LogP contribution in [0.3, 0.4) is 0 Å². The van der Waals surface area contributed by atoms with Crippen LogP contribution in [-0.2, 0) is 24.5 Å². The summed E-state index contributed by atoms with van der Waals surface area (Å²) in [6.07, 6.45) is 2.97. The molecule has 34 heavy (non-hydrogen) atoms. The predicted molar refractivity (Wildman–Crippen MR) is 127 cm³/mol. The van der Waals surface area contributed by atoms with E-state index in [2.05, 4.69) is 18.0 Å². The van der Waals surface area contributed by atoms with E-state index in [-0.39, 0.29) is 36.1 Å². The number of benzene rings is 1. The van der Waals surface area contributed by atoms with E-state index >= 15 is 0 Å². The molecular formula is C26H34N2O6. The molecule has 3 aliphatic heterocycles. The van der Waals surface area contributed by atoms with Crippen LogP contribution < -0.4 is 14.4 Å². The molecule has 4 aliphatic rings. The summed E-state index contributed by atoms with van der Waals surface area (Å²) in [5, 5.41) is 0.